The van der Waals surface area contributed by atoms with Crippen molar-refractivity contribution < 1.29 is 18.1 Å². The highest BCUT2D eigenvalue weighted by molar-refractivity contribution is 5.97. The number of hydrogen-bond acceptors (Lipinski definition) is 6. The molecule has 1 aliphatic heterocycles. The summed E-state index contributed by atoms with van der Waals surface area (Å²) in [6.45, 7) is 2.42. The summed E-state index contributed by atoms with van der Waals surface area (Å²) in [6.07, 6.45) is -1.80. The van der Waals surface area contributed by atoms with Gasteiger partial charge in [-0.1, -0.05) is 41.6 Å². The molecule has 9 heteroatoms. The number of aryl methyl sites for hydroxylation is 1. The summed E-state index contributed by atoms with van der Waals surface area (Å²) >= 11 is 0. The van der Waals surface area contributed by atoms with Crippen molar-refractivity contribution in [3.05, 3.63) is 77.1 Å². The van der Waals surface area contributed by atoms with Crippen LogP contribution in [0.5, 0.6) is 0 Å². The smallest absolute Gasteiger partial charge is 0.281 e. The molecule has 4 aromatic rings. The van der Waals surface area contributed by atoms with Gasteiger partial charge in [0.25, 0.3) is 12.3 Å². The van der Waals surface area contributed by atoms with E-state index in [1.54, 1.807) is 19.1 Å². The van der Waals surface area contributed by atoms with Gasteiger partial charge in [0, 0.05) is 31.5 Å². The Morgan fingerprint density at radius 3 is 2.51 bits per heavy atom. The fourth-order valence-corrected chi connectivity index (χ4v) is 4.50. The minimum absolute atomic E-state index is 0.0362. The average Bonchev–Trinajstić information content (AvgIpc) is 3.33. The fourth-order valence-electron chi connectivity index (χ4n) is 4.50. The van der Waals surface area contributed by atoms with E-state index >= 15 is 0 Å². The van der Waals surface area contributed by atoms with E-state index < -0.39 is 18.0 Å². The van der Waals surface area contributed by atoms with E-state index in [0.29, 0.717) is 43.2 Å². The van der Waals surface area contributed by atoms with Gasteiger partial charge in [-0.2, -0.15) is 10.2 Å². The number of rotatable bonds is 4. The number of alkyl halides is 2. The number of halogens is 2. The van der Waals surface area contributed by atoms with Crippen LogP contribution in [0.3, 0.4) is 0 Å². The molecule has 2 aromatic heterocycles. The van der Waals surface area contributed by atoms with Crippen molar-refractivity contribution in [2.75, 3.05) is 13.1 Å². The molecule has 0 bridgehead atoms. The lowest BCUT2D eigenvalue weighted by Gasteiger charge is -2.31. The van der Waals surface area contributed by atoms with Gasteiger partial charge in [-0.25, -0.2) is 13.8 Å². The number of pyridine rings is 1. The first-order valence-corrected chi connectivity index (χ1v) is 11.3. The van der Waals surface area contributed by atoms with E-state index in [9.17, 15) is 18.8 Å². The number of amides is 1. The van der Waals surface area contributed by atoms with Crippen molar-refractivity contribution >= 4 is 16.7 Å². The van der Waals surface area contributed by atoms with E-state index in [0.717, 1.165) is 10.8 Å². The van der Waals surface area contributed by atoms with Gasteiger partial charge in [0.15, 0.2) is 5.82 Å². The van der Waals surface area contributed by atoms with E-state index in [-0.39, 0.29) is 22.7 Å². The van der Waals surface area contributed by atoms with E-state index in [4.69, 9.17) is 4.52 Å². The highest BCUT2D eigenvalue weighted by atomic mass is 19.3. The van der Waals surface area contributed by atoms with E-state index in [1.165, 1.54) is 11.0 Å². The van der Waals surface area contributed by atoms with Crippen molar-refractivity contribution in [3.8, 4) is 17.3 Å². The maximum atomic E-state index is 14.1. The van der Waals surface area contributed by atoms with E-state index in [2.05, 4.69) is 15.1 Å². The van der Waals surface area contributed by atoms with Crippen molar-refractivity contribution in [2.24, 2.45) is 0 Å². The third kappa shape index (κ3) is 4.35. The van der Waals surface area contributed by atoms with Crippen LogP contribution in [0.15, 0.2) is 53.1 Å². The maximum Gasteiger partial charge on any atom is 0.281 e. The second-order valence-electron chi connectivity index (χ2n) is 8.53. The Hall–Kier alpha value is -4.19. The highest BCUT2D eigenvalue weighted by Crippen LogP contribution is 2.32. The van der Waals surface area contributed by atoms with Crippen molar-refractivity contribution in [2.45, 2.75) is 32.1 Å². The number of piperidine rings is 1. The lowest BCUT2D eigenvalue weighted by molar-refractivity contribution is 0.0697. The zero-order valence-electron chi connectivity index (χ0n) is 18.9. The van der Waals surface area contributed by atoms with Gasteiger partial charge in [0.05, 0.1) is 16.8 Å². The number of nitriles is 1. The van der Waals surface area contributed by atoms with Gasteiger partial charge in [-0.3, -0.25) is 4.79 Å². The largest absolute Gasteiger partial charge is 0.340 e. The number of carbonyl (C=O) groups is 1. The summed E-state index contributed by atoms with van der Waals surface area (Å²) in [6, 6.07) is 16.3. The number of fused-ring (bicyclic) bond motifs is 1. The molecule has 0 radical (unpaired) electrons. The van der Waals surface area contributed by atoms with Crippen LogP contribution in [0, 0.1) is 18.3 Å². The van der Waals surface area contributed by atoms with Crippen LogP contribution in [0.1, 0.15) is 58.5 Å². The van der Waals surface area contributed by atoms with Crippen LogP contribution >= 0.6 is 0 Å². The van der Waals surface area contributed by atoms with Crippen LogP contribution < -0.4 is 0 Å². The molecule has 0 spiro atoms. The molecular formula is C26H21F2N5O2. The molecule has 5 rings (SSSR count). The molecule has 1 aliphatic rings. The Morgan fingerprint density at radius 1 is 1.11 bits per heavy atom. The van der Waals surface area contributed by atoms with E-state index in [1.807, 2.05) is 36.4 Å². The van der Waals surface area contributed by atoms with Gasteiger partial charge in [-0.05, 0) is 35.7 Å². The van der Waals surface area contributed by atoms with Gasteiger partial charge >= 0.3 is 0 Å². The highest BCUT2D eigenvalue weighted by Gasteiger charge is 2.31. The van der Waals surface area contributed by atoms with Crippen LogP contribution in [0.25, 0.3) is 22.0 Å². The average molecular weight is 473 g/mol. The van der Waals surface area contributed by atoms with Crippen molar-refractivity contribution in [1.29, 1.82) is 5.26 Å². The molecule has 2 aromatic carbocycles. The summed E-state index contributed by atoms with van der Waals surface area (Å²) in [4.78, 5) is 23.2. The molecule has 0 atom stereocenters. The molecule has 0 N–H and O–H groups in total. The molecular weight excluding hydrogens is 452 g/mol. The lowest BCUT2D eigenvalue weighted by Crippen LogP contribution is -2.38. The predicted octanol–water partition coefficient (Wildman–Crippen LogP) is 5.42. The fraction of sp³-hybridized carbons (Fsp3) is 0.269. The molecule has 176 valence electrons. The topological polar surface area (TPSA) is 95.9 Å². The minimum atomic E-state index is -2.97. The minimum Gasteiger partial charge on any atom is -0.340 e. The SMILES string of the molecule is Cc1nc(C2CCN(C(=O)c3cc(C#N)c(-c4ccc5ccccc5c4)nc3C(F)F)CC2)no1. The number of benzene rings is 2. The van der Waals surface area contributed by atoms with Crippen molar-refractivity contribution in [1.82, 2.24) is 20.0 Å². The molecule has 0 saturated carbocycles. The third-order valence-electron chi connectivity index (χ3n) is 6.32. The summed E-state index contributed by atoms with van der Waals surface area (Å²) < 4.78 is 33.2. The van der Waals surface area contributed by atoms with Gasteiger partial charge < -0.3 is 9.42 Å². The lowest BCUT2D eigenvalue weighted by atomic mass is 9.95. The summed E-state index contributed by atoms with van der Waals surface area (Å²) in [5.74, 6) is 0.545. The molecule has 7 nitrogen and oxygen atoms in total. The number of aromatic nitrogens is 3. The number of carbonyl (C=O) groups excluding carboxylic acids is 1. The first-order chi connectivity index (χ1) is 16.9. The Kier molecular flexibility index (Phi) is 5.95. The Bertz CT molecular complexity index is 1450. The van der Waals surface area contributed by atoms with Crippen LogP contribution in [0.2, 0.25) is 0 Å². The zero-order chi connectivity index (χ0) is 24.5. The molecule has 1 amide bonds. The van der Waals surface area contributed by atoms with Crippen molar-refractivity contribution in [3.63, 3.8) is 0 Å². The first kappa shape index (κ1) is 22.6. The standard InChI is InChI=1S/C26H21F2N5O2/c1-15-30-25(32-35-15)17-8-10-33(11-9-17)26(34)21-13-20(14-29)22(31-23(21)24(27)28)19-7-6-16-4-2-3-5-18(16)12-19/h2-7,12-13,17,24H,8-11H2,1H3. The second-order valence-corrected chi connectivity index (χ2v) is 8.53. The van der Waals surface area contributed by atoms with Crippen LogP contribution in [-0.2, 0) is 0 Å². The molecule has 3 heterocycles. The summed E-state index contributed by atoms with van der Waals surface area (Å²) in [7, 11) is 0. The number of hydrogen-bond donors (Lipinski definition) is 0. The van der Waals surface area contributed by atoms with Gasteiger partial charge in [0.1, 0.15) is 11.8 Å². The quantitative estimate of drug-likeness (QED) is 0.393. The summed E-state index contributed by atoms with van der Waals surface area (Å²) in [5, 5.41) is 15.6. The molecule has 0 unspecified atom stereocenters. The molecule has 0 aliphatic carbocycles. The first-order valence-electron chi connectivity index (χ1n) is 11.3. The Morgan fingerprint density at radius 2 is 1.86 bits per heavy atom. The molecule has 35 heavy (non-hydrogen) atoms. The van der Waals surface area contributed by atoms with Gasteiger partial charge in [0.2, 0.25) is 5.89 Å². The normalized spacial score (nSPS) is 14.4. The Labute approximate surface area is 200 Å². The monoisotopic (exact) mass is 473 g/mol. The third-order valence-corrected chi connectivity index (χ3v) is 6.32. The Balaban J connectivity index is 1.46. The molecule has 1 fully saturated rings. The van der Waals surface area contributed by atoms with Crippen LogP contribution in [-0.4, -0.2) is 39.0 Å². The second kappa shape index (κ2) is 9.22. The number of likely N-dealkylation sites (tertiary alicyclic amines) is 1. The van der Waals surface area contributed by atoms with Crippen LogP contribution in [0.4, 0.5) is 8.78 Å². The maximum absolute atomic E-state index is 14.1. The van der Waals surface area contributed by atoms with Gasteiger partial charge in [-0.15, -0.1) is 0 Å². The molecule has 1 saturated heterocycles. The predicted molar refractivity (Wildman–Crippen MR) is 124 cm³/mol. The number of nitrogens with zero attached hydrogens (tertiary/aromatic N) is 5. The summed E-state index contributed by atoms with van der Waals surface area (Å²) in [5.41, 5.74) is -0.109. The zero-order valence-corrected chi connectivity index (χ0v) is 18.9.